The van der Waals surface area contributed by atoms with E-state index in [1.807, 2.05) is 37.3 Å². The number of unbranched alkanes of at least 4 members (excludes halogenated alkanes) is 2. The van der Waals surface area contributed by atoms with E-state index in [1.165, 1.54) is 6.92 Å². The number of nitrogens with zero attached hydrogens (tertiary/aromatic N) is 1. The van der Waals surface area contributed by atoms with Gasteiger partial charge in [0.25, 0.3) is 5.91 Å². The predicted octanol–water partition coefficient (Wildman–Crippen LogP) is 3.67. The van der Waals surface area contributed by atoms with Gasteiger partial charge in [-0.05, 0) is 63.9 Å². The quantitative estimate of drug-likeness (QED) is 0.106. The van der Waals surface area contributed by atoms with Gasteiger partial charge in [0.15, 0.2) is 0 Å². The molecule has 5 atom stereocenters. The zero-order valence-electron chi connectivity index (χ0n) is 27.2. The molecule has 0 bridgehead atoms. The molecule has 2 fully saturated rings. The normalized spacial score (nSPS) is 19.4. The molecule has 14 nitrogen and oxygen atoms in total. The van der Waals surface area contributed by atoms with Gasteiger partial charge in [-0.3, -0.25) is 23.5 Å². The van der Waals surface area contributed by atoms with E-state index in [2.05, 4.69) is 16.0 Å². The van der Waals surface area contributed by atoms with Gasteiger partial charge in [-0.25, -0.2) is 9.59 Å². The highest BCUT2D eigenvalue weighted by molar-refractivity contribution is 7.53. The number of aliphatic carboxylic acids is 1. The number of alkyl carbamates (subject to hydrolysis) is 1. The summed E-state index contributed by atoms with van der Waals surface area (Å²) in [5, 5.41) is 17.5. The summed E-state index contributed by atoms with van der Waals surface area (Å²) in [6.45, 7) is 3.77. The van der Waals surface area contributed by atoms with E-state index >= 15 is 0 Å². The first-order chi connectivity index (χ1) is 22.4. The third-order valence-electron chi connectivity index (χ3n) is 8.52. The summed E-state index contributed by atoms with van der Waals surface area (Å²) in [5.41, 5.74) is 0.855. The van der Waals surface area contributed by atoms with Gasteiger partial charge in [0.1, 0.15) is 30.6 Å². The first kappa shape index (κ1) is 38.0. The minimum atomic E-state index is -4.65. The highest BCUT2D eigenvalue weighted by Gasteiger charge is 2.42. The van der Waals surface area contributed by atoms with Crippen molar-refractivity contribution < 1.29 is 47.8 Å². The average Bonchev–Trinajstić information content (AvgIpc) is 3.50. The van der Waals surface area contributed by atoms with Crippen molar-refractivity contribution in [3.63, 3.8) is 0 Å². The van der Waals surface area contributed by atoms with Gasteiger partial charge in [0, 0.05) is 19.0 Å². The number of ether oxygens (including phenoxy) is 1. The van der Waals surface area contributed by atoms with Crippen molar-refractivity contribution in [3.8, 4) is 0 Å². The number of hydrogen-bond donors (Lipinski definition) is 5. The van der Waals surface area contributed by atoms with Crippen LogP contribution in [0.2, 0.25) is 0 Å². The van der Waals surface area contributed by atoms with Crippen LogP contribution >= 0.6 is 7.60 Å². The molecule has 2 aliphatic rings. The van der Waals surface area contributed by atoms with Gasteiger partial charge in [-0.2, -0.15) is 0 Å². The third kappa shape index (κ3) is 11.9. The maximum absolute atomic E-state index is 13.5. The molecule has 0 spiro atoms. The molecule has 1 heterocycles. The van der Waals surface area contributed by atoms with Crippen molar-refractivity contribution >= 4 is 37.4 Å². The Bertz CT molecular complexity index is 1260. The van der Waals surface area contributed by atoms with Crippen LogP contribution in [0.3, 0.4) is 0 Å². The molecule has 3 rings (SSSR count). The molecule has 4 amide bonds. The van der Waals surface area contributed by atoms with Gasteiger partial charge in [0.2, 0.25) is 11.8 Å². The zero-order chi connectivity index (χ0) is 34.4. The van der Waals surface area contributed by atoms with Crippen LogP contribution in [-0.4, -0.2) is 81.7 Å². The Morgan fingerprint density at radius 2 is 1.72 bits per heavy atom. The minimum Gasteiger partial charge on any atom is -0.480 e. The summed E-state index contributed by atoms with van der Waals surface area (Å²) < 4.78 is 24.1. The molecular weight excluding hydrogens is 631 g/mol. The molecule has 1 saturated heterocycles. The summed E-state index contributed by atoms with van der Waals surface area (Å²) in [4.78, 5) is 75.0. The number of carboxylic acids is 1. The molecule has 5 N–H and O–H groups in total. The first-order valence-electron chi connectivity index (χ1n) is 16.5. The Kier molecular flexibility index (Phi) is 15.2. The van der Waals surface area contributed by atoms with E-state index < -0.39 is 55.4 Å². The van der Waals surface area contributed by atoms with Gasteiger partial charge in [-0.15, -0.1) is 0 Å². The lowest BCUT2D eigenvalue weighted by molar-refractivity contribution is -0.151. The number of rotatable bonds is 19. The lowest BCUT2D eigenvalue weighted by atomic mass is 9.84. The van der Waals surface area contributed by atoms with Crippen LogP contribution in [0.25, 0.3) is 0 Å². The number of carboxylic acid groups (broad SMARTS) is 1. The van der Waals surface area contributed by atoms with Crippen LogP contribution in [0.4, 0.5) is 4.79 Å². The molecule has 1 aliphatic carbocycles. The van der Waals surface area contributed by atoms with Crippen molar-refractivity contribution in [1.29, 1.82) is 0 Å². The molecule has 0 aromatic heterocycles. The molecule has 0 radical (unpaired) electrons. The second-order valence-electron chi connectivity index (χ2n) is 12.2. The van der Waals surface area contributed by atoms with E-state index in [-0.39, 0.29) is 50.8 Å². The van der Waals surface area contributed by atoms with Crippen molar-refractivity contribution in [3.05, 3.63) is 35.9 Å². The second kappa shape index (κ2) is 18.8. The Labute approximate surface area is 275 Å². The zero-order valence-corrected chi connectivity index (χ0v) is 28.1. The molecule has 1 aromatic carbocycles. The fourth-order valence-electron chi connectivity index (χ4n) is 5.51. The number of hydrogen-bond acceptors (Lipinski definition) is 8. The Morgan fingerprint density at radius 3 is 2.36 bits per heavy atom. The Balaban J connectivity index is 1.58. The van der Waals surface area contributed by atoms with Gasteiger partial charge < -0.3 is 35.6 Å². The Morgan fingerprint density at radius 1 is 1.00 bits per heavy atom. The van der Waals surface area contributed by atoms with E-state index in [9.17, 15) is 38.5 Å². The molecule has 47 heavy (non-hydrogen) atoms. The van der Waals surface area contributed by atoms with E-state index in [0.29, 0.717) is 32.1 Å². The van der Waals surface area contributed by atoms with Crippen molar-refractivity contribution in [2.75, 3.05) is 13.1 Å². The van der Waals surface area contributed by atoms with E-state index in [1.54, 1.807) is 0 Å². The average molecular weight is 681 g/mol. The molecular formula is C32H49N4O10P. The van der Waals surface area contributed by atoms with Gasteiger partial charge >= 0.3 is 19.7 Å². The van der Waals surface area contributed by atoms with E-state index in [4.69, 9.17) is 9.26 Å². The smallest absolute Gasteiger partial charge is 0.407 e. The fraction of sp³-hybridized carbons (Fsp3) is 0.656. The summed E-state index contributed by atoms with van der Waals surface area (Å²) >= 11 is 0. The van der Waals surface area contributed by atoms with Crippen LogP contribution in [-0.2, 0) is 39.6 Å². The highest BCUT2D eigenvalue weighted by atomic mass is 31.2. The SMILES string of the molecule is CCCCC(NC(=O)[C@H](CCCCNC(=O)OCc1ccccc1)NC(=O)C1CCC1)P(=O)(O)O[C@@H](C)C(=O)N1CCC[C@H]1C(=O)O. The summed E-state index contributed by atoms with van der Waals surface area (Å²) in [7, 11) is -4.65. The molecule has 262 valence electrons. The predicted molar refractivity (Wildman–Crippen MR) is 172 cm³/mol. The Hall–Kier alpha value is -3.48. The number of carbonyl (C=O) groups is 5. The number of nitrogens with one attached hydrogen (secondary N) is 3. The number of amides is 4. The van der Waals surface area contributed by atoms with Crippen LogP contribution in [0.1, 0.15) is 90.0 Å². The third-order valence-corrected chi connectivity index (χ3v) is 10.3. The van der Waals surface area contributed by atoms with Crippen LogP contribution in [0.15, 0.2) is 30.3 Å². The highest BCUT2D eigenvalue weighted by Crippen LogP contribution is 2.49. The summed E-state index contributed by atoms with van der Waals surface area (Å²) in [5.74, 6) is -4.34. The molecule has 1 aromatic rings. The maximum atomic E-state index is 13.5. The molecule has 2 unspecified atom stereocenters. The lowest BCUT2D eigenvalue weighted by Crippen LogP contribution is -2.51. The standard InChI is InChI=1S/C32H49N4O10P/c1-3-4-18-27(47(43,44)46-22(2)30(39)36-20-11-17-26(36)31(40)41)35-29(38)25(34-28(37)24-14-10-15-24)16-8-9-19-33-32(42)45-21-23-12-6-5-7-13-23/h5-7,12-13,22,24-27H,3-4,8-11,14-21H2,1-2H3,(H,33,42)(H,34,37)(H,35,38)(H,40,41)(H,43,44)/t22-,25-,26-,27?/m0/s1. The first-order valence-corrected chi connectivity index (χ1v) is 18.2. The largest absolute Gasteiger partial charge is 0.480 e. The van der Waals surface area contributed by atoms with Gasteiger partial charge in [-0.1, -0.05) is 56.5 Å². The fourth-order valence-corrected chi connectivity index (χ4v) is 7.00. The summed E-state index contributed by atoms with van der Waals surface area (Å²) in [6, 6.07) is 7.22. The molecule has 1 saturated carbocycles. The van der Waals surface area contributed by atoms with Crippen LogP contribution < -0.4 is 16.0 Å². The second-order valence-corrected chi connectivity index (χ2v) is 14.1. The minimum absolute atomic E-state index is 0.0801. The molecule has 15 heteroatoms. The van der Waals surface area contributed by atoms with Gasteiger partial charge in [0.05, 0.1) is 0 Å². The molecule has 1 aliphatic heterocycles. The van der Waals surface area contributed by atoms with Crippen molar-refractivity contribution in [1.82, 2.24) is 20.9 Å². The topological polar surface area (TPSA) is 201 Å². The van der Waals surface area contributed by atoms with Crippen molar-refractivity contribution in [2.24, 2.45) is 5.92 Å². The monoisotopic (exact) mass is 680 g/mol. The lowest BCUT2D eigenvalue weighted by Gasteiger charge is -2.31. The maximum Gasteiger partial charge on any atom is 0.407 e. The van der Waals surface area contributed by atoms with Crippen molar-refractivity contribution in [2.45, 2.75) is 115 Å². The summed E-state index contributed by atoms with van der Waals surface area (Å²) in [6.07, 6.45) is 3.48. The number of carbonyl (C=O) groups excluding carboxylic acids is 4. The number of likely N-dealkylation sites (tertiary alicyclic amines) is 1. The number of benzene rings is 1. The van der Waals surface area contributed by atoms with Crippen LogP contribution in [0, 0.1) is 5.92 Å². The van der Waals surface area contributed by atoms with E-state index in [0.717, 1.165) is 29.7 Å². The van der Waals surface area contributed by atoms with Crippen LogP contribution in [0.5, 0.6) is 0 Å².